The Bertz CT molecular complexity index is 333. The van der Waals surface area contributed by atoms with Crippen molar-refractivity contribution < 1.29 is 19.4 Å². The molecule has 0 amide bonds. The van der Waals surface area contributed by atoms with Crippen molar-refractivity contribution in [1.29, 1.82) is 0 Å². The van der Waals surface area contributed by atoms with E-state index in [2.05, 4.69) is 13.8 Å². The fourth-order valence-electron chi connectivity index (χ4n) is 2.84. The minimum Gasteiger partial charge on any atom is -0.481 e. The number of esters is 1. The van der Waals surface area contributed by atoms with Gasteiger partial charge in [0.15, 0.2) is 0 Å². The standard InChI is InChI=1S/C19H36O4.Mg.2H/c1-4-6-8-9-10-11-12-13-15-19(3,14-7-5-2)23-18(22)16-17(20)21;;;/h4-16H2,1-3H3,(H,20,21);;;. The summed E-state index contributed by atoms with van der Waals surface area (Å²) in [6.45, 7) is 6.28. The van der Waals surface area contributed by atoms with Gasteiger partial charge in [0.25, 0.3) is 0 Å². The van der Waals surface area contributed by atoms with Gasteiger partial charge in [0, 0.05) is 0 Å². The fraction of sp³-hybridized carbons (Fsp3) is 0.895. The van der Waals surface area contributed by atoms with Crippen LogP contribution in [0.3, 0.4) is 0 Å². The lowest BCUT2D eigenvalue weighted by molar-refractivity contribution is -0.163. The van der Waals surface area contributed by atoms with Crippen LogP contribution in [0.1, 0.15) is 104 Å². The molecule has 5 heteroatoms. The Labute approximate surface area is 164 Å². The van der Waals surface area contributed by atoms with Gasteiger partial charge in [-0.15, -0.1) is 0 Å². The minimum absolute atomic E-state index is 0. The summed E-state index contributed by atoms with van der Waals surface area (Å²) in [6, 6.07) is 0. The predicted molar refractivity (Wildman–Crippen MR) is 102 cm³/mol. The van der Waals surface area contributed by atoms with E-state index in [1.54, 1.807) is 0 Å². The Kier molecular flexibility index (Phi) is 17.5. The smallest absolute Gasteiger partial charge is 0.317 e. The van der Waals surface area contributed by atoms with Crippen LogP contribution in [-0.4, -0.2) is 45.7 Å². The Morgan fingerprint density at radius 1 is 0.833 bits per heavy atom. The molecule has 4 nitrogen and oxygen atoms in total. The van der Waals surface area contributed by atoms with E-state index in [1.165, 1.54) is 38.5 Å². The van der Waals surface area contributed by atoms with Gasteiger partial charge in [-0.1, -0.05) is 65.2 Å². The third-order valence-electron chi connectivity index (χ3n) is 4.27. The van der Waals surface area contributed by atoms with E-state index in [4.69, 9.17) is 9.84 Å². The molecule has 0 aromatic rings. The molecule has 1 N–H and O–H groups in total. The average Bonchev–Trinajstić information content (AvgIpc) is 2.47. The molecule has 24 heavy (non-hydrogen) atoms. The zero-order valence-corrected chi connectivity index (χ0v) is 15.4. The quantitative estimate of drug-likeness (QED) is 0.202. The van der Waals surface area contributed by atoms with Crippen molar-refractivity contribution in [2.24, 2.45) is 0 Å². The number of rotatable bonds is 15. The topological polar surface area (TPSA) is 63.6 Å². The highest BCUT2D eigenvalue weighted by Crippen LogP contribution is 2.27. The molecule has 1 atom stereocenters. The van der Waals surface area contributed by atoms with Gasteiger partial charge in [0.1, 0.15) is 12.0 Å². The third kappa shape index (κ3) is 15.2. The Balaban J connectivity index is 0. The molecule has 140 valence electrons. The van der Waals surface area contributed by atoms with Gasteiger partial charge in [-0.2, -0.15) is 0 Å². The number of hydrogen-bond donors (Lipinski definition) is 1. The van der Waals surface area contributed by atoms with Crippen LogP contribution in [0.2, 0.25) is 0 Å². The van der Waals surface area contributed by atoms with Crippen LogP contribution in [0.25, 0.3) is 0 Å². The van der Waals surface area contributed by atoms with Crippen LogP contribution in [0.5, 0.6) is 0 Å². The summed E-state index contributed by atoms with van der Waals surface area (Å²) >= 11 is 0. The first-order valence-electron chi connectivity index (χ1n) is 9.37. The minimum atomic E-state index is -1.13. The average molecular weight is 355 g/mol. The van der Waals surface area contributed by atoms with Crippen molar-refractivity contribution in [3.05, 3.63) is 0 Å². The summed E-state index contributed by atoms with van der Waals surface area (Å²) in [5, 5.41) is 8.69. The highest BCUT2D eigenvalue weighted by molar-refractivity contribution is 5.90. The van der Waals surface area contributed by atoms with Gasteiger partial charge < -0.3 is 9.84 Å². The molecule has 0 radical (unpaired) electrons. The second kappa shape index (κ2) is 16.2. The molecule has 0 saturated carbocycles. The molecule has 0 spiro atoms. The normalized spacial score (nSPS) is 13.0. The fourth-order valence-corrected chi connectivity index (χ4v) is 2.84. The molecule has 0 aromatic heterocycles. The first kappa shape index (κ1) is 25.9. The molecule has 0 aliphatic heterocycles. The first-order valence-corrected chi connectivity index (χ1v) is 9.37. The van der Waals surface area contributed by atoms with Crippen LogP contribution in [0.4, 0.5) is 0 Å². The molecule has 0 aliphatic rings. The largest absolute Gasteiger partial charge is 0.481 e. The molecule has 0 aliphatic carbocycles. The zero-order chi connectivity index (χ0) is 17.6. The van der Waals surface area contributed by atoms with E-state index in [-0.39, 0.29) is 23.1 Å². The monoisotopic (exact) mass is 354 g/mol. The van der Waals surface area contributed by atoms with Crippen molar-refractivity contribution in [3.8, 4) is 0 Å². The van der Waals surface area contributed by atoms with Gasteiger partial charge in [0.2, 0.25) is 0 Å². The van der Waals surface area contributed by atoms with Crippen molar-refractivity contribution >= 4 is 35.0 Å². The molecule has 0 aromatic carbocycles. The summed E-state index contributed by atoms with van der Waals surface area (Å²) in [7, 11) is 0. The number of carboxylic acids is 1. The van der Waals surface area contributed by atoms with Gasteiger partial charge >= 0.3 is 35.0 Å². The van der Waals surface area contributed by atoms with E-state index < -0.39 is 24.0 Å². The summed E-state index contributed by atoms with van der Waals surface area (Å²) in [5.74, 6) is -1.74. The third-order valence-corrected chi connectivity index (χ3v) is 4.27. The van der Waals surface area contributed by atoms with Gasteiger partial charge in [-0.3, -0.25) is 9.59 Å². The second-order valence-corrected chi connectivity index (χ2v) is 6.82. The van der Waals surface area contributed by atoms with Gasteiger partial charge in [-0.25, -0.2) is 0 Å². The molecule has 0 saturated heterocycles. The lowest BCUT2D eigenvalue weighted by Gasteiger charge is -2.29. The number of carbonyl (C=O) groups is 2. The molecular weight excluding hydrogens is 317 g/mol. The highest BCUT2D eigenvalue weighted by atomic mass is 24.3. The maximum Gasteiger partial charge on any atom is 0.317 e. The van der Waals surface area contributed by atoms with Crippen LogP contribution in [0.15, 0.2) is 0 Å². The maximum absolute atomic E-state index is 11.7. The predicted octanol–water partition coefficient (Wildman–Crippen LogP) is 4.57. The van der Waals surface area contributed by atoms with E-state index in [9.17, 15) is 9.59 Å². The van der Waals surface area contributed by atoms with Crippen LogP contribution >= 0.6 is 0 Å². The van der Waals surface area contributed by atoms with E-state index in [1.807, 2.05) is 6.92 Å². The zero-order valence-electron chi connectivity index (χ0n) is 15.4. The number of hydrogen-bond acceptors (Lipinski definition) is 3. The summed E-state index contributed by atoms with van der Waals surface area (Å²) in [4.78, 5) is 22.3. The van der Waals surface area contributed by atoms with Crippen molar-refractivity contribution in [1.82, 2.24) is 0 Å². The van der Waals surface area contributed by atoms with Gasteiger partial charge in [-0.05, 0) is 32.6 Å². The highest BCUT2D eigenvalue weighted by Gasteiger charge is 2.28. The molecule has 0 rings (SSSR count). The number of ether oxygens (including phenoxy) is 1. The second-order valence-electron chi connectivity index (χ2n) is 6.82. The van der Waals surface area contributed by atoms with Crippen LogP contribution in [-0.2, 0) is 14.3 Å². The molecule has 0 bridgehead atoms. The SMILES string of the molecule is CCCCCCCCCCC(C)(CCCC)OC(=O)CC(=O)O.[MgH2]. The van der Waals surface area contributed by atoms with Crippen LogP contribution < -0.4 is 0 Å². The molecule has 1 unspecified atom stereocenters. The van der Waals surface area contributed by atoms with Crippen LogP contribution in [0, 0.1) is 0 Å². The molecular formula is C19H38MgO4. The number of aliphatic carboxylic acids is 1. The van der Waals surface area contributed by atoms with Crippen molar-refractivity contribution in [2.75, 3.05) is 0 Å². The Morgan fingerprint density at radius 3 is 1.79 bits per heavy atom. The van der Waals surface area contributed by atoms with Gasteiger partial charge in [0.05, 0.1) is 0 Å². The number of carbonyl (C=O) groups excluding carboxylic acids is 1. The van der Waals surface area contributed by atoms with E-state index in [0.717, 1.165) is 38.5 Å². The van der Waals surface area contributed by atoms with Crippen molar-refractivity contribution in [2.45, 2.75) is 110 Å². The lowest BCUT2D eigenvalue weighted by Crippen LogP contribution is -2.32. The summed E-state index contributed by atoms with van der Waals surface area (Å²) in [5.41, 5.74) is -0.509. The summed E-state index contributed by atoms with van der Waals surface area (Å²) < 4.78 is 5.49. The molecule has 0 fully saturated rings. The summed E-state index contributed by atoms with van der Waals surface area (Å²) in [6.07, 6.45) is 13.1. The first-order chi connectivity index (χ1) is 10.9. The Hall–Kier alpha value is -0.294. The number of carboxylic acid groups (broad SMARTS) is 1. The molecule has 0 heterocycles. The Morgan fingerprint density at radius 2 is 1.29 bits per heavy atom. The van der Waals surface area contributed by atoms with E-state index in [0.29, 0.717) is 0 Å². The lowest BCUT2D eigenvalue weighted by atomic mass is 9.91. The van der Waals surface area contributed by atoms with Crippen molar-refractivity contribution in [3.63, 3.8) is 0 Å². The number of unbranched alkanes of at least 4 members (excludes halogenated alkanes) is 8. The maximum atomic E-state index is 11.7. The van der Waals surface area contributed by atoms with E-state index >= 15 is 0 Å².